The summed E-state index contributed by atoms with van der Waals surface area (Å²) in [6, 6.07) is 11.6. The van der Waals surface area contributed by atoms with E-state index in [1.54, 1.807) is 37.3 Å². The zero-order valence-electron chi connectivity index (χ0n) is 14.6. The Bertz CT molecular complexity index is 884. The Morgan fingerprint density at radius 2 is 1.72 bits per heavy atom. The molecule has 3 rings (SSSR count). The molecule has 0 saturated carbocycles. The molecule has 0 spiro atoms. The minimum atomic E-state index is -3.87. The SMILES string of the molecule is Cc1ccc(N2c3ccccc3N(CCCN(C)C)S2(=O)=O)c(F)c1. The van der Waals surface area contributed by atoms with Gasteiger partial charge in [-0.15, -0.1) is 0 Å². The number of hydrogen-bond acceptors (Lipinski definition) is 3. The lowest BCUT2D eigenvalue weighted by atomic mass is 10.2. The molecule has 0 atom stereocenters. The molecule has 0 amide bonds. The van der Waals surface area contributed by atoms with Crippen molar-refractivity contribution in [3.63, 3.8) is 0 Å². The lowest BCUT2D eigenvalue weighted by molar-refractivity contribution is 0.403. The summed E-state index contributed by atoms with van der Waals surface area (Å²) in [5.74, 6) is -0.548. The van der Waals surface area contributed by atoms with Gasteiger partial charge in [0, 0.05) is 6.54 Å². The molecular weight excluding hydrogens is 341 g/mol. The molecule has 0 aliphatic carbocycles. The minimum absolute atomic E-state index is 0.0492. The topological polar surface area (TPSA) is 43.9 Å². The van der Waals surface area contributed by atoms with E-state index in [1.165, 1.54) is 16.4 Å². The van der Waals surface area contributed by atoms with Crippen LogP contribution in [-0.2, 0) is 10.2 Å². The van der Waals surface area contributed by atoms with Crippen LogP contribution in [0.1, 0.15) is 12.0 Å². The minimum Gasteiger partial charge on any atom is -0.309 e. The number of fused-ring (bicyclic) bond motifs is 1. The number of hydrogen-bond donors (Lipinski definition) is 0. The van der Waals surface area contributed by atoms with Gasteiger partial charge in [-0.25, -0.2) is 8.70 Å². The first-order valence-electron chi connectivity index (χ1n) is 8.15. The Morgan fingerprint density at radius 3 is 2.36 bits per heavy atom. The fraction of sp³-hybridized carbons (Fsp3) is 0.333. The van der Waals surface area contributed by atoms with Gasteiger partial charge in [-0.3, -0.25) is 4.31 Å². The largest absolute Gasteiger partial charge is 0.331 e. The van der Waals surface area contributed by atoms with Crippen molar-refractivity contribution in [3.8, 4) is 0 Å². The molecule has 0 aromatic heterocycles. The normalized spacial score (nSPS) is 15.7. The third kappa shape index (κ3) is 3.21. The summed E-state index contributed by atoms with van der Waals surface area (Å²) in [6.45, 7) is 2.89. The molecule has 0 fully saturated rings. The van der Waals surface area contributed by atoms with E-state index in [4.69, 9.17) is 0 Å². The predicted octanol–water partition coefficient (Wildman–Crippen LogP) is 3.29. The Labute approximate surface area is 148 Å². The summed E-state index contributed by atoms with van der Waals surface area (Å²) in [4.78, 5) is 2.01. The Kier molecular flexibility index (Phi) is 4.71. The lowest BCUT2D eigenvalue weighted by Crippen LogP contribution is -2.37. The zero-order chi connectivity index (χ0) is 18.2. The molecule has 0 unspecified atom stereocenters. The van der Waals surface area contributed by atoms with E-state index in [0.29, 0.717) is 24.3 Å². The summed E-state index contributed by atoms with van der Waals surface area (Å²) in [7, 11) is 0.0245. The van der Waals surface area contributed by atoms with Crippen molar-refractivity contribution in [1.82, 2.24) is 4.90 Å². The van der Waals surface area contributed by atoms with Gasteiger partial charge >= 0.3 is 10.2 Å². The fourth-order valence-electron chi connectivity index (χ4n) is 2.99. The first-order valence-corrected chi connectivity index (χ1v) is 9.55. The Balaban J connectivity index is 2.05. The van der Waals surface area contributed by atoms with Crippen LogP contribution in [0.3, 0.4) is 0 Å². The molecule has 5 nitrogen and oxygen atoms in total. The molecule has 134 valence electrons. The highest BCUT2D eigenvalue weighted by Gasteiger charge is 2.41. The number of nitrogens with zero attached hydrogens (tertiary/aromatic N) is 3. The van der Waals surface area contributed by atoms with Gasteiger partial charge in [0.25, 0.3) is 0 Å². The molecule has 0 saturated heterocycles. The molecule has 1 heterocycles. The van der Waals surface area contributed by atoms with Crippen LogP contribution in [0.5, 0.6) is 0 Å². The quantitative estimate of drug-likeness (QED) is 0.819. The maximum absolute atomic E-state index is 14.5. The summed E-state index contributed by atoms with van der Waals surface area (Å²) < 4.78 is 43.2. The second-order valence-corrected chi connectivity index (χ2v) is 8.15. The Hall–Kier alpha value is -2.12. The van der Waals surface area contributed by atoms with Crippen molar-refractivity contribution in [3.05, 3.63) is 53.8 Å². The Morgan fingerprint density at radius 1 is 1.04 bits per heavy atom. The van der Waals surface area contributed by atoms with E-state index in [0.717, 1.165) is 16.4 Å². The van der Waals surface area contributed by atoms with Crippen LogP contribution in [0.25, 0.3) is 0 Å². The molecule has 2 aromatic rings. The molecular formula is C18H22FN3O2S. The molecule has 25 heavy (non-hydrogen) atoms. The van der Waals surface area contributed by atoms with Gasteiger partial charge in [0.1, 0.15) is 5.82 Å². The van der Waals surface area contributed by atoms with Crippen molar-refractivity contribution in [2.75, 3.05) is 35.8 Å². The van der Waals surface area contributed by atoms with Gasteiger partial charge in [-0.2, -0.15) is 8.42 Å². The van der Waals surface area contributed by atoms with Gasteiger partial charge in [0.15, 0.2) is 0 Å². The van der Waals surface area contributed by atoms with Crippen molar-refractivity contribution >= 4 is 27.3 Å². The lowest BCUT2D eigenvalue weighted by Gasteiger charge is -2.22. The zero-order valence-corrected chi connectivity index (χ0v) is 15.4. The second-order valence-electron chi connectivity index (χ2n) is 6.44. The molecule has 0 radical (unpaired) electrons. The van der Waals surface area contributed by atoms with Crippen LogP contribution in [0.15, 0.2) is 42.5 Å². The van der Waals surface area contributed by atoms with Gasteiger partial charge in [-0.1, -0.05) is 18.2 Å². The van der Waals surface area contributed by atoms with Crippen LogP contribution < -0.4 is 8.61 Å². The highest BCUT2D eigenvalue weighted by Crippen LogP contribution is 2.45. The second kappa shape index (κ2) is 6.65. The average molecular weight is 363 g/mol. The predicted molar refractivity (Wildman–Crippen MR) is 99.2 cm³/mol. The highest BCUT2D eigenvalue weighted by molar-refractivity contribution is 7.95. The van der Waals surface area contributed by atoms with E-state index < -0.39 is 16.0 Å². The summed E-state index contributed by atoms with van der Waals surface area (Å²) in [6.07, 6.45) is 0.685. The third-order valence-electron chi connectivity index (χ3n) is 4.17. The van der Waals surface area contributed by atoms with Gasteiger partial charge in [-0.05, 0) is 63.8 Å². The van der Waals surface area contributed by atoms with Crippen molar-refractivity contribution in [1.29, 1.82) is 0 Å². The van der Waals surface area contributed by atoms with E-state index in [2.05, 4.69) is 0 Å². The van der Waals surface area contributed by atoms with Crippen LogP contribution in [0.2, 0.25) is 0 Å². The molecule has 1 aliphatic heterocycles. The molecule has 0 N–H and O–H groups in total. The highest BCUT2D eigenvalue weighted by atomic mass is 32.2. The van der Waals surface area contributed by atoms with E-state index >= 15 is 0 Å². The fourth-order valence-corrected chi connectivity index (χ4v) is 4.75. The maximum Gasteiger partial charge on any atom is 0.331 e. The maximum atomic E-state index is 14.5. The van der Waals surface area contributed by atoms with Crippen molar-refractivity contribution in [2.45, 2.75) is 13.3 Å². The molecule has 0 bridgehead atoms. The summed E-state index contributed by atoms with van der Waals surface area (Å²) in [5.41, 5.74) is 1.86. The number of anilines is 3. The molecule has 7 heteroatoms. The number of benzene rings is 2. The van der Waals surface area contributed by atoms with Crippen LogP contribution >= 0.6 is 0 Å². The van der Waals surface area contributed by atoms with Crippen LogP contribution in [-0.4, -0.2) is 40.5 Å². The van der Waals surface area contributed by atoms with Crippen LogP contribution in [0.4, 0.5) is 21.5 Å². The van der Waals surface area contributed by atoms with E-state index in [-0.39, 0.29) is 5.69 Å². The third-order valence-corrected chi connectivity index (χ3v) is 5.96. The molecule has 2 aromatic carbocycles. The standard InChI is InChI=1S/C18H22FN3O2S/c1-14-9-10-16(15(19)13-14)22-18-8-5-4-7-17(18)21(25(22,23)24)12-6-11-20(2)3/h4-5,7-10,13H,6,11-12H2,1-3H3. The number of para-hydroxylation sites is 2. The average Bonchev–Trinajstić information content (AvgIpc) is 2.75. The number of aryl methyl sites for hydroxylation is 1. The van der Waals surface area contributed by atoms with Crippen LogP contribution in [0, 0.1) is 12.7 Å². The number of halogens is 1. The van der Waals surface area contributed by atoms with Gasteiger partial charge < -0.3 is 4.90 Å². The smallest absolute Gasteiger partial charge is 0.309 e. The van der Waals surface area contributed by atoms with Gasteiger partial charge in [0.05, 0.1) is 17.1 Å². The number of rotatable bonds is 5. The molecule has 1 aliphatic rings. The first-order chi connectivity index (χ1) is 11.8. The van der Waals surface area contributed by atoms with Gasteiger partial charge in [0.2, 0.25) is 0 Å². The summed E-state index contributed by atoms with van der Waals surface area (Å²) >= 11 is 0. The van der Waals surface area contributed by atoms with E-state index in [1.807, 2.05) is 19.0 Å². The van der Waals surface area contributed by atoms with Crippen molar-refractivity contribution in [2.24, 2.45) is 0 Å². The van der Waals surface area contributed by atoms with E-state index in [9.17, 15) is 12.8 Å². The monoisotopic (exact) mass is 363 g/mol. The first kappa shape index (κ1) is 17.7. The van der Waals surface area contributed by atoms with Crippen molar-refractivity contribution < 1.29 is 12.8 Å². The summed E-state index contributed by atoms with van der Waals surface area (Å²) in [5, 5.41) is 0.